The zero-order valence-corrected chi connectivity index (χ0v) is 8.04. The molecule has 0 spiro atoms. The molecule has 0 aromatic carbocycles. The molecule has 1 aromatic rings. The standard InChI is InChI=1S/C7H7BrN2O2/c1-2-12-7(11)5-3-9-4-10-6(5)8/h3-4H,2H2,1H3. The number of esters is 1. The monoisotopic (exact) mass is 230 g/mol. The van der Waals surface area contributed by atoms with Gasteiger partial charge < -0.3 is 4.74 Å². The maximum absolute atomic E-state index is 11.1. The highest BCUT2D eigenvalue weighted by Gasteiger charge is 2.10. The van der Waals surface area contributed by atoms with E-state index in [1.54, 1.807) is 6.92 Å². The first kappa shape index (κ1) is 9.12. The maximum Gasteiger partial charge on any atom is 0.342 e. The van der Waals surface area contributed by atoms with Gasteiger partial charge in [-0.2, -0.15) is 0 Å². The van der Waals surface area contributed by atoms with Crippen LogP contribution in [0.4, 0.5) is 0 Å². The van der Waals surface area contributed by atoms with Crippen molar-refractivity contribution in [2.75, 3.05) is 6.61 Å². The van der Waals surface area contributed by atoms with Gasteiger partial charge in [0.05, 0.1) is 6.61 Å². The van der Waals surface area contributed by atoms with Crippen molar-refractivity contribution in [3.63, 3.8) is 0 Å². The van der Waals surface area contributed by atoms with E-state index in [0.29, 0.717) is 16.8 Å². The van der Waals surface area contributed by atoms with Gasteiger partial charge in [0.1, 0.15) is 16.5 Å². The predicted molar refractivity (Wildman–Crippen MR) is 45.7 cm³/mol. The van der Waals surface area contributed by atoms with E-state index in [2.05, 4.69) is 25.9 Å². The number of rotatable bonds is 2. The number of carbonyl (C=O) groups excluding carboxylic acids is 1. The Bertz CT molecular complexity index is 290. The van der Waals surface area contributed by atoms with Crippen molar-refractivity contribution in [3.8, 4) is 0 Å². The Labute approximate surface area is 78.1 Å². The third-order valence-corrected chi connectivity index (χ3v) is 1.79. The van der Waals surface area contributed by atoms with Crippen LogP contribution in [-0.2, 0) is 4.74 Å². The van der Waals surface area contributed by atoms with Crippen LogP contribution in [0.3, 0.4) is 0 Å². The molecule has 0 aliphatic carbocycles. The van der Waals surface area contributed by atoms with Gasteiger partial charge in [-0.1, -0.05) is 0 Å². The molecule has 4 nitrogen and oxygen atoms in total. The van der Waals surface area contributed by atoms with Crippen molar-refractivity contribution < 1.29 is 9.53 Å². The lowest BCUT2D eigenvalue weighted by molar-refractivity contribution is 0.0524. The van der Waals surface area contributed by atoms with Crippen molar-refractivity contribution >= 4 is 21.9 Å². The van der Waals surface area contributed by atoms with Crippen molar-refractivity contribution in [3.05, 3.63) is 22.7 Å². The van der Waals surface area contributed by atoms with Crippen molar-refractivity contribution in [2.24, 2.45) is 0 Å². The molecule has 0 saturated carbocycles. The van der Waals surface area contributed by atoms with Gasteiger partial charge in [0.2, 0.25) is 0 Å². The first-order valence-electron chi connectivity index (χ1n) is 3.38. The molecule has 0 bridgehead atoms. The molecule has 0 saturated heterocycles. The molecule has 0 fully saturated rings. The summed E-state index contributed by atoms with van der Waals surface area (Å²) in [6.45, 7) is 2.09. The van der Waals surface area contributed by atoms with E-state index in [4.69, 9.17) is 4.74 Å². The molecule has 64 valence electrons. The topological polar surface area (TPSA) is 52.1 Å². The predicted octanol–water partition coefficient (Wildman–Crippen LogP) is 1.42. The number of hydrogen-bond acceptors (Lipinski definition) is 4. The van der Waals surface area contributed by atoms with Gasteiger partial charge in [-0.25, -0.2) is 14.8 Å². The highest BCUT2D eigenvalue weighted by Crippen LogP contribution is 2.11. The van der Waals surface area contributed by atoms with Gasteiger partial charge in [0, 0.05) is 6.20 Å². The smallest absolute Gasteiger partial charge is 0.342 e. The number of nitrogens with zero attached hydrogens (tertiary/aromatic N) is 2. The van der Waals surface area contributed by atoms with Gasteiger partial charge >= 0.3 is 5.97 Å². The van der Waals surface area contributed by atoms with E-state index in [9.17, 15) is 4.79 Å². The highest BCUT2D eigenvalue weighted by atomic mass is 79.9. The average molecular weight is 231 g/mol. The molecular weight excluding hydrogens is 224 g/mol. The number of aromatic nitrogens is 2. The molecule has 1 aromatic heterocycles. The van der Waals surface area contributed by atoms with E-state index in [1.807, 2.05) is 0 Å². The Balaban J connectivity index is 2.87. The first-order valence-corrected chi connectivity index (χ1v) is 4.17. The first-order chi connectivity index (χ1) is 5.75. The summed E-state index contributed by atoms with van der Waals surface area (Å²) in [5.41, 5.74) is 0.347. The maximum atomic E-state index is 11.1. The Morgan fingerprint density at radius 3 is 3.08 bits per heavy atom. The van der Waals surface area contributed by atoms with Gasteiger partial charge in [0.15, 0.2) is 0 Å². The Morgan fingerprint density at radius 2 is 2.50 bits per heavy atom. The van der Waals surface area contributed by atoms with E-state index >= 15 is 0 Å². The largest absolute Gasteiger partial charge is 0.462 e. The summed E-state index contributed by atoms with van der Waals surface area (Å²) in [4.78, 5) is 18.6. The van der Waals surface area contributed by atoms with Gasteiger partial charge in [-0.3, -0.25) is 0 Å². The molecule has 1 heterocycles. The van der Waals surface area contributed by atoms with Crippen LogP contribution in [0, 0.1) is 0 Å². The van der Waals surface area contributed by atoms with Gasteiger partial charge in [0.25, 0.3) is 0 Å². The van der Waals surface area contributed by atoms with Crippen LogP contribution >= 0.6 is 15.9 Å². The normalized spacial score (nSPS) is 9.50. The SMILES string of the molecule is CCOC(=O)c1cncnc1Br. The fourth-order valence-corrected chi connectivity index (χ4v) is 1.02. The van der Waals surface area contributed by atoms with Gasteiger partial charge in [-0.15, -0.1) is 0 Å². The van der Waals surface area contributed by atoms with Crippen LogP contribution in [0.25, 0.3) is 0 Å². The summed E-state index contributed by atoms with van der Waals surface area (Å²) in [6, 6.07) is 0. The van der Waals surface area contributed by atoms with Crippen LogP contribution in [0.1, 0.15) is 17.3 Å². The Kier molecular flexibility index (Phi) is 3.16. The van der Waals surface area contributed by atoms with Crippen LogP contribution in [0.5, 0.6) is 0 Å². The zero-order valence-electron chi connectivity index (χ0n) is 6.45. The second kappa shape index (κ2) is 4.15. The van der Waals surface area contributed by atoms with Crippen molar-refractivity contribution in [1.29, 1.82) is 0 Å². The summed E-state index contributed by atoms with van der Waals surface area (Å²) >= 11 is 3.11. The number of ether oxygens (including phenoxy) is 1. The third kappa shape index (κ3) is 2.01. The quantitative estimate of drug-likeness (QED) is 0.570. The van der Waals surface area contributed by atoms with Crippen LogP contribution in [0.2, 0.25) is 0 Å². The molecular formula is C7H7BrN2O2. The summed E-state index contributed by atoms with van der Waals surface area (Å²) < 4.78 is 5.21. The second-order valence-corrected chi connectivity index (χ2v) is 2.70. The molecule has 0 radical (unpaired) electrons. The second-order valence-electron chi connectivity index (χ2n) is 1.95. The van der Waals surface area contributed by atoms with Crippen molar-refractivity contribution in [2.45, 2.75) is 6.92 Å². The molecule has 0 atom stereocenters. The van der Waals surface area contributed by atoms with E-state index < -0.39 is 5.97 Å². The third-order valence-electron chi connectivity index (χ3n) is 1.16. The summed E-state index contributed by atoms with van der Waals surface area (Å²) in [7, 11) is 0. The molecule has 0 N–H and O–H groups in total. The molecule has 0 unspecified atom stereocenters. The van der Waals surface area contributed by atoms with Crippen LogP contribution in [0.15, 0.2) is 17.1 Å². The van der Waals surface area contributed by atoms with E-state index in [1.165, 1.54) is 12.5 Å². The van der Waals surface area contributed by atoms with Crippen LogP contribution < -0.4 is 0 Å². The lowest BCUT2D eigenvalue weighted by Gasteiger charge is -2.01. The van der Waals surface area contributed by atoms with E-state index in [-0.39, 0.29) is 0 Å². The fourth-order valence-electron chi connectivity index (χ4n) is 0.660. The number of hydrogen-bond donors (Lipinski definition) is 0. The molecule has 1 rings (SSSR count). The number of halogens is 1. The highest BCUT2D eigenvalue weighted by molar-refractivity contribution is 9.10. The minimum Gasteiger partial charge on any atom is -0.462 e. The van der Waals surface area contributed by atoms with Crippen molar-refractivity contribution in [1.82, 2.24) is 9.97 Å². The molecule has 0 aliphatic heterocycles. The minimum atomic E-state index is -0.412. The Morgan fingerprint density at radius 1 is 1.75 bits per heavy atom. The summed E-state index contributed by atoms with van der Waals surface area (Å²) in [5, 5.41) is 0. The fraction of sp³-hybridized carbons (Fsp3) is 0.286. The number of carbonyl (C=O) groups is 1. The molecule has 5 heteroatoms. The lowest BCUT2D eigenvalue weighted by Crippen LogP contribution is -2.06. The summed E-state index contributed by atoms with van der Waals surface area (Å²) in [5.74, 6) is -0.412. The zero-order chi connectivity index (χ0) is 8.97. The Hall–Kier alpha value is -0.970. The summed E-state index contributed by atoms with van der Waals surface area (Å²) in [6.07, 6.45) is 2.77. The molecule has 0 amide bonds. The average Bonchev–Trinajstić information content (AvgIpc) is 2.05. The van der Waals surface area contributed by atoms with Crippen LogP contribution in [-0.4, -0.2) is 22.5 Å². The van der Waals surface area contributed by atoms with Gasteiger partial charge in [-0.05, 0) is 22.9 Å². The lowest BCUT2D eigenvalue weighted by atomic mass is 10.3. The molecule has 12 heavy (non-hydrogen) atoms. The van der Waals surface area contributed by atoms with E-state index in [0.717, 1.165) is 0 Å². The molecule has 0 aliphatic rings. The minimum absolute atomic E-state index is 0.347.